The summed E-state index contributed by atoms with van der Waals surface area (Å²) in [5, 5.41) is 15.5. The van der Waals surface area contributed by atoms with E-state index in [1.807, 2.05) is 0 Å². The van der Waals surface area contributed by atoms with E-state index in [4.69, 9.17) is 26.6 Å². The van der Waals surface area contributed by atoms with Gasteiger partial charge in [-0.1, -0.05) is 95.5 Å². The molecule has 3 unspecified atom stereocenters. The summed E-state index contributed by atoms with van der Waals surface area (Å²) >= 11 is 6.54. The Balaban J connectivity index is 1.71. The zero-order valence-electron chi connectivity index (χ0n) is 22.6. The molecule has 0 aromatic carbocycles. The van der Waals surface area contributed by atoms with Gasteiger partial charge in [0.25, 0.3) is 5.91 Å². The van der Waals surface area contributed by atoms with Crippen LogP contribution in [0, 0.1) is 0 Å². The van der Waals surface area contributed by atoms with Crippen LogP contribution in [0.4, 0.5) is 4.79 Å². The molecular weight excluding hydrogens is 498 g/mol. The van der Waals surface area contributed by atoms with E-state index in [1.165, 1.54) is 82.5 Å². The molecule has 212 valence electrons. The quantitative estimate of drug-likeness (QED) is 0.0662. The number of aliphatic hydroxyl groups excluding tert-OH is 1. The van der Waals surface area contributed by atoms with Gasteiger partial charge in [0.15, 0.2) is 11.1 Å². The number of ether oxygens (including phenoxy) is 2. The van der Waals surface area contributed by atoms with Gasteiger partial charge in [-0.25, -0.2) is 4.79 Å². The van der Waals surface area contributed by atoms with Gasteiger partial charge < -0.3 is 14.6 Å². The van der Waals surface area contributed by atoms with Crippen LogP contribution in [0.1, 0.15) is 110 Å². The van der Waals surface area contributed by atoms with Crippen LogP contribution >= 0.6 is 11.6 Å². The summed E-state index contributed by atoms with van der Waals surface area (Å²) in [5.41, 5.74) is 8.80. The summed E-state index contributed by atoms with van der Waals surface area (Å²) in [7, 11) is 0. The summed E-state index contributed by atoms with van der Waals surface area (Å²) < 4.78 is 11.8. The lowest BCUT2D eigenvalue weighted by atomic mass is 10.0. The van der Waals surface area contributed by atoms with Gasteiger partial charge in [-0.3, -0.25) is 15.0 Å². The minimum atomic E-state index is -1.52. The third-order valence-corrected chi connectivity index (χ3v) is 7.64. The van der Waals surface area contributed by atoms with Crippen molar-refractivity contribution in [1.29, 1.82) is 0 Å². The molecule has 2 aliphatic rings. The standard InChI is InChI=1S/C26H46ClN5O5/c1-3-4-5-6-7-8-9-10-11-12-13-14-15-16-17-36-24-26(2,27)23(34)29-25(35)32(24)22-18-20(30-31-28)21(19-33)37-22/h20-22,24,33H,3-19H2,1-2H3,(H,29,34,35)/t20?,21?,22?,24-,26+/m1/s1. The van der Waals surface area contributed by atoms with Crippen LogP contribution in [-0.4, -0.2) is 64.6 Å². The molecule has 0 radical (unpaired) electrons. The Hall–Kier alpha value is -1.58. The number of alkyl halides is 1. The Morgan fingerprint density at radius 2 is 1.62 bits per heavy atom. The predicted octanol–water partition coefficient (Wildman–Crippen LogP) is 6.15. The second-order valence-electron chi connectivity index (χ2n) is 10.4. The number of urea groups is 1. The van der Waals surface area contributed by atoms with E-state index < -0.39 is 41.4 Å². The largest absolute Gasteiger partial charge is 0.394 e. The minimum Gasteiger partial charge on any atom is -0.394 e. The number of azide groups is 1. The molecule has 0 aromatic heterocycles. The number of hydrogen-bond acceptors (Lipinski definition) is 6. The number of rotatable bonds is 19. The molecule has 2 rings (SSSR count). The molecule has 37 heavy (non-hydrogen) atoms. The Morgan fingerprint density at radius 3 is 2.14 bits per heavy atom. The van der Waals surface area contributed by atoms with Crippen molar-refractivity contribution >= 4 is 23.5 Å². The first-order chi connectivity index (χ1) is 17.9. The van der Waals surface area contributed by atoms with Crippen molar-refractivity contribution in [2.24, 2.45) is 5.11 Å². The fourth-order valence-electron chi connectivity index (χ4n) is 5.01. The van der Waals surface area contributed by atoms with Gasteiger partial charge in [0.2, 0.25) is 0 Å². The molecule has 2 aliphatic heterocycles. The third kappa shape index (κ3) is 9.91. The Morgan fingerprint density at radius 1 is 1.08 bits per heavy atom. The molecule has 2 N–H and O–H groups in total. The molecular formula is C26H46ClN5O5. The highest BCUT2D eigenvalue weighted by molar-refractivity contribution is 6.36. The van der Waals surface area contributed by atoms with Crippen LogP contribution in [0.3, 0.4) is 0 Å². The first-order valence-corrected chi connectivity index (χ1v) is 14.5. The van der Waals surface area contributed by atoms with Crippen LogP contribution in [0.25, 0.3) is 10.4 Å². The van der Waals surface area contributed by atoms with Crippen molar-refractivity contribution in [3.05, 3.63) is 10.4 Å². The van der Waals surface area contributed by atoms with Crippen LogP contribution < -0.4 is 5.32 Å². The SMILES string of the molecule is CCCCCCCCCCCCCCCCO[C@H]1N(C2CC(N=[N+]=[N-])C(CO)O2)C(=O)NC(=O)[C@]1(C)Cl. The number of nitrogens with one attached hydrogen (secondary N) is 1. The molecule has 2 fully saturated rings. The average molecular weight is 544 g/mol. The van der Waals surface area contributed by atoms with Gasteiger partial charge in [0, 0.05) is 17.9 Å². The van der Waals surface area contributed by atoms with E-state index >= 15 is 0 Å². The van der Waals surface area contributed by atoms with Crippen molar-refractivity contribution in [2.75, 3.05) is 13.2 Å². The molecule has 0 aromatic rings. The van der Waals surface area contributed by atoms with Gasteiger partial charge in [0.05, 0.1) is 18.8 Å². The summed E-state index contributed by atoms with van der Waals surface area (Å²) in [6, 6.07) is -1.32. The van der Waals surface area contributed by atoms with Crippen LogP contribution in [0.15, 0.2) is 5.11 Å². The fraction of sp³-hybridized carbons (Fsp3) is 0.923. The normalized spacial score (nSPS) is 27.8. The number of carbonyl (C=O) groups is 2. The molecule has 11 heteroatoms. The van der Waals surface area contributed by atoms with Crippen molar-refractivity contribution in [3.63, 3.8) is 0 Å². The zero-order chi connectivity index (χ0) is 27.1. The lowest BCUT2D eigenvalue weighted by Gasteiger charge is -2.45. The van der Waals surface area contributed by atoms with E-state index in [0.717, 1.165) is 19.3 Å². The number of imide groups is 1. The van der Waals surface area contributed by atoms with Crippen LogP contribution in [0.2, 0.25) is 0 Å². The van der Waals surface area contributed by atoms with E-state index in [-0.39, 0.29) is 13.0 Å². The van der Waals surface area contributed by atoms with E-state index in [9.17, 15) is 14.7 Å². The summed E-state index contributed by atoms with van der Waals surface area (Å²) in [6.45, 7) is 3.73. The highest BCUT2D eigenvalue weighted by Crippen LogP contribution is 2.35. The maximum atomic E-state index is 12.7. The lowest BCUT2D eigenvalue weighted by molar-refractivity contribution is -0.161. The Bertz CT molecular complexity index is 749. The molecule has 10 nitrogen and oxygen atoms in total. The Labute approximate surface area is 226 Å². The average Bonchev–Trinajstić information content (AvgIpc) is 3.27. The molecule has 0 aliphatic carbocycles. The Kier molecular flexibility index (Phi) is 14.6. The lowest BCUT2D eigenvalue weighted by Crippen LogP contribution is -2.69. The highest BCUT2D eigenvalue weighted by Gasteiger charge is 2.54. The number of nitrogens with zero attached hydrogens (tertiary/aromatic N) is 4. The molecule has 0 spiro atoms. The molecule has 0 saturated carbocycles. The molecule has 5 atom stereocenters. The maximum Gasteiger partial charge on any atom is 0.328 e. The van der Waals surface area contributed by atoms with Crippen LogP contribution in [0.5, 0.6) is 0 Å². The predicted molar refractivity (Wildman–Crippen MR) is 143 cm³/mol. The van der Waals surface area contributed by atoms with Crippen molar-refractivity contribution in [1.82, 2.24) is 10.2 Å². The van der Waals surface area contributed by atoms with E-state index in [0.29, 0.717) is 6.61 Å². The maximum absolute atomic E-state index is 12.7. The minimum absolute atomic E-state index is 0.169. The van der Waals surface area contributed by atoms with Gasteiger partial charge in [-0.15, -0.1) is 11.6 Å². The number of unbranched alkanes of at least 4 members (excludes halogenated alkanes) is 13. The van der Waals surface area contributed by atoms with Gasteiger partial charge in [-0.05, 0) is 18.9 Å². The second kappa shape index (κ2) is 17.1. The summed E-state index contributed by atoms with van der Waals surface area (Å²) in [6.07, 6.45) is 15.0. The number of hydrogen-bond donors (Lipinski definition) is 2. The van der Waals surface area contributed by atoms with Crippen molar-refractivity contribution in [3.8, 4) is 0 Å². The number of carbonyl (C=O) groups excluding carboxylic acids is 2. The molecule has 3 amide bonds. The topological polar surface area (TPSA) is 137 Å². The van der Waals surface area contributed by atoms with E-state index in [1.54, 1.807) is 0 Å². The highest BCUT2D eigenvalue weighted by atomic mass is 35.5. The van der Waals surface area contributed by atoms with E-state index in [2.05, 4.69) is 22.3 Å². The monoisotopic (exact) mass is 543 g/mol. The van der Waals surface area contributed by atoms with Crippen molar-refractivity contribution in [2.45, 2.75) is 140 Å². The fourth-order valence-corrected chi connectivity index (χ4v) is 5.23. The first kappa shape index (κ1) is 31.6. The number of aliphatic hydroxyl groups is 1. The van der Waals surface area contributed by atoms with Crippen molar-refractivity contribution < 1.29 is 24.2 Å². The molecule has 2 saturated heterocycles. The summed E-state index contributed by atoms with van der Waals surface area (Å²) in [5.74, 6) is -0.635. The van der Waals surface area contributed by atoms with Gasteiger partial charge in [0.1, 0.15) is 6.23 Å². The zero-order valence-corrected chi connectivity index (χ0v) is 23.3. The number of amides is 3. The smallest absolute Gasteiger partial charge is 0.328 e. The van der Waals surface area contributed by atoms with Gasteiger partial charge >= 0.3 is 6.03 Å². The first-order valence-electron chi connectivity index (χ1n) is 14.1. The second-order valence-corrected chi connectivity index (χ2v) is 11.2. The molecule has 2 heterocycles. The van der Waals surface area contributed by atoms with Gasteiger partial charge in [-0.2, -0.15) is 0 Å². The third-order valence-electron chi connectivity index (χ3n) is 7.28. The summed E-state index contributed by atoms with van der Waals surface area (Å²) in [4.78, 5) is 27.7. The van der Waals surface area contributed by atoms with Crippen LogP contribution in [-0.2, 0) is 14.3 Å². The molecule has 0 bridgehead atoms. The number of halogens is 1.